The number of ether oxygens (including phenoxy) is 2. The Morgan fingerprint density at radius 2 is 2.00 bits per heavy atom. The van der Waals surface area contributed by atoms with Crippen molar-refractivity contribution in [1.82, 2.24) is 4.90 Å². The van der Waals surface area contributed by atoms with Gasteiger partial charge in [0.2, 0.25) is 0 Å². The van der Waals surface area contributed by atoms with Crippen molar-refractivity contribution in [2.75, 3.05) is 40.0 Å². The number of hydrogen-bond donors (Lipinski definition) is 1. The average molecular weight is 343 g/mol. The highest BCUT2D eigenvalue weighted by Crippen LogP contribution is 2.29. The highest BCUT2D eigenvalue weighted by atomic mass is 35.5. The molecule has 0 aliphatic carbocycles. The Morgan fingerprint density at radius 3 is 2.57 bits per heavy atom. The number of halogens is 1. The predicted octanol–water partition coefficient (Wildman–Crippen LogP) is 2.33. The molecule has 23 heavy (non-hydrogen) atoms. The minimum atomic E-state index is 0. The number of rotatable bonds is 7. The molecule has 0 spiro atoms. The number of carbonyl (C=O) groups is 1. The minimum Gasteiger partial charge on any atom is -0.494 e. The molecule has 1 aromatic carbocycles. The third-order valence-corrected chi connectivity index (χ3v) is 4.20. The van der Waals surface area contributed by atoms with E-state index in [0.29, 0.717) is 25.3 Å². The third-order valence-electron chi connectivity index (χ3n) is 4.20. The molecule has 2 rings (SSSR count). The van der Waals surface area contributed by atoms with Crippen LogP contribution in [0.15, 0.2) is 24.3 Å². The molecule has 1 atom stereocenters. The van der Waals surface area contributed by atoms with Crippen LogP contribution in [-0.4, -0.2) is 50.8 Å². The molecular weight excluding hydrogens is 316 g/mol. The molecule has 0 aromatic heterocycles. The highest BCUT2D eigenvalue weighted by molar-refractivity contribution is 5.94. The number of benzene rings is 1. The highest BCUT2D eigenvalue weighted by Gasteiger charge is 2.35. The van der Waals surface area contributed by atoms with Crippen LogP contribution in [0.2, 0.25) is 0 Å². The first-order valence-electron chi connectivity index (χ1n) is 7.79. The maximum atomic E-state index is 12.5. The SMILES string of the molecule is COCCCOc1ccc(C(=O)N2CCC(C)(CN)C2)cc1.Cl. The van der Waals surface area contributed by atoms with Crippen LogP contribution in [0, 0.1) is 5.41 Å². The summed E-state index contributed by atoms with van der Waals surface area (Å²) < 4.78 is 10.6. The fourth-order valence-corrected chi connectivity index (χ4v) is 2.63. The largest absolute Gasteiger partial charge is 0.494 e. The van der Waals surface area contributed by atoms with Gasteiger partial charge in [-0.3, -0.25) is 4.79 Å². The van der Waals surface area contributed by atoms with Crippen molar-refractivity contribution < 1.29 is 14.3 Å². The molecule has 0 saturated carbocycles. The molecule has 0 bridgehead atoms. The second kappa shape index (κ2) is 9.11. The summed E-state index contributed by atoms with van der Waals surface area (Å²) in [5.74, 6) is 0.851. The Morgan fingerprint density at radius 1 is 1.30 bits per heavy atom. The summed E-state index contributed by atoms with van der Waals surface area (Å²) in [7, 11) is 1.68. The molecule has 0 radical (unpaired) electrons. The lowest BCUT2D eigenvalue weighted by Crippen LogP contribution is -2.34. The summed E-state index contributed by atoms with van der Waals surface area (Å²) in [6.45, 7) is 5.56. The van der Waals surface area contributed by atoms with Crippen molar-refractivity contribution in [1.29, 1.82) is 0 Å². The van der Waals surface area contributed by atoms with Crippen LogP contribution >= 0.6 is 12.4 Å². The number of likely N-dealkylation sites (tertiary alicyclic amines) is 1. The molecule has 5 nitrogen and oxygen atoms in total. The van der Waals surface area contributed by atoms with Crippen LogP contribution in [0.1, 0.15) is 30.1 Å². The number of carbonyl (C=O) groups excluding carboxylic acids is 1. The molecule has 1 fully saturated rings. The van der Waals surface area contributed by atoms with Gasteiger partial charge in [0.15, 0.2) is 0 Å². The van der Waals surface area contributed by atoms with E-state index in [9.17, 15) is 4.79 Å². The number of methoxy groups -OCH3 is 1. The number of nitrogens with zero attached hydrogens (tertiary/aromatic N) is 1. The molecule has 1 saturated heterocycles. The lowest BCUT2D eigenvalue weighted by molar-refractivity contribution is 0.0777. The van der Waals surface area contributed by atoms with Crippen molar-refractivity contribution in [2.24, 2.45) is 11.1 Å². The normalized spacial score (nSPS) is 20.2. The fourth-order valence-electron chi connectivity index (χ4n) is 2.63. The van der Waals surface area contributed by atoms with Gasteiger partial charge in [0, 0.05) is 38.8 Å². The molecule has 1 heterocycles. The van der Waals surface area contributed by atoms with E-state index < -0.39 is 0 Å². The zero-order chi connectivity index (χ0) is 16.0. The van der Waals surface area contributed by atoms with E-state index in [2.05, 4.69) is 6.92 Å². The Labute approximate surface area is 144 Å². The van der Waals surface area contributed by atoms with Crippen molar-refractivity contribution in [3.63, 3.8) is 0 Å². The zero-order valence-corrected chi connectivity index (χ0v) is 14.7. The third kappa shape index (κ3) is 5.37. The topological polar surface area (TPSA) is 64.8 Å². The molecular formula is C17H27ClN2O3. The zero-order valence-electron chi connectivity index (χ0n) is 13.9. The van der Waals surface area contributed by atoms with Gasteiger partial charge in [0.05, 0.1) is 6.61 Å². The lowest BCUT2D eigenvalue weighted by atomic mass is 9.90. The van der Waals surface area contributed by atoms with Crippen molar-refractivity contribution >= 4 is 18.3 Å². The maximum Gasteiger partial charge on any atom is 0.253 e. The lowest BCUT2D eigenvalue weighted by Gasteiger charge is -2.22. The van der Waals surface area contributed by atoms with Gasteiger partial charge in [-0.05, 0) is 42.6 Å². The van der Waals surface area contributed by atoms with Crippen LogP contribution in [0.4, 0.5) is 0 Å². The van der Waals surface area contributed by atoms with E-state index in [1.807, 2.05) is 29.2 Å². The van der Waals surface area contributed by atoms with Gasteiger partial charge in [0.25, 0.3) is 5.91 Å². The second-order valence-electron chi connectivity index (χ2n) is 6.21. The Hall–Kier alpha value is -1.30. The van der Waals surface area contributed by atoms with E-state index in [1.165, 1.54) is 0 Å². The van der Waals surface area contributed by atoms with Gasteiger partial charge in [0.1, 0.15) is 5.75 Å². The average Bonchev–Trinajstić information content (AvgIpc) is 2.95. The van der Waals surface area contributed by atoms with Crippen molar-refractivity contribution in [3.8, 4) is 5.75 Å². The van der Waals surface area contributed by atoms with Gasteiger partial charge in [-0.25, -0.2) is 0 Å². The van der Waals surface area contributed by atoms with E-state index in [1.54, 1.807) is 7.11 Å². The second-order valence-corrected chi connectivity index (χ2v) is 6.21. The van der Waals surface area contributed by atoms with E-state index in [0.717, 1.165) is 31.7 Å². The summed E-state index contributed by atoms with van der Waals surface area (Å²) in [5, 5.41) is 0. The smallest absolute Gasteiger partial charge is 0.253 e. The molecule has 1 amide bonds. The van der Waals surface area contributed by atoms with Gasteiger partial charge in [-0.2, -0.15) is 0 Å². The van der Waals surface area contributed by atoms with E-state index in [4.69, 9.17) is 15.2 Å². The standard InChI is InChI=1S/C17H26N2O3.ClH/c1-17(12-18)8-9-19(13-17)16(20)14-4-6-15(7-5-14)22-11-3-10-21-2;/h4-7H,3,8-13,18H2,1-2H3;1H. The molecule has 1 aliphatic rings. The van der Waals surface area contributed by atoms with Crippen LogP contribution < -0.4 is 10.5 Å². The first-order valence-corrected chi connectivity index (χ1v) is 7.79. The van der Waals surface area contributed by atoms with Gasteiger partial charge in [-0.1, -0.05) is 6.92 Å². The summed E-state index contributed by atoms with van der Waals surface area (Å²) in [4.78, 5) is 14.4. The Kier molecular flexibility index (Phi) is 7.82. The Balaban J connectivity index is 0.00000264. The summed E-state index contributed by atoms with van der Waals surface area (Å²) in [6.07, 6.45) is 1.82. The number of nitrogens with two attached hydrogens (primary N) is 1. The summed E-state index contributed by atoms with van der Waals surface area (Å²) in [5.41, 5.74) is 6.55. The Bertz CT molecular complexity index is 495. The van der Waals surface area contributed by atoms with E-state index >= 15 is 0 Å². The quantitative estimate of drug-likeness (QED) is 0.772. The van der Waals surface area contributed by atoms with Gasteiger partial charge < -0.3 is 20.1 Å². The van der Waals surface area contributed by atoms with Crippen LogP contribution in [0.3, 0.4) is 0 Å². The first-order chi connectivity index (χ1) is 10.6. The number of amides is 1. The molecule has 130 valence electrons. The fraction of sp³-hybridized carbons (Fsp3) is 0.588. The first kappa shape index (κ1) is 19.7. The number of hydrogen-bond acceptors (Lipinski definition) is 4. The van der Waals surface area contributed by atoms with Gasteiger partial charge in [-0.15, -0.1) is 12.4 Å². The monoisotopic (exact) mass is 342 g/mol. The van der Waals surface area contributed by atoms with Crippen LogP contribution in [-0.2, 0) is 4.74 Å². The van der Waals surface area contributed by atoms with Crippen molar-refractivity contribution in [3.05, 3.63) is 29.8 Å². The molecule has 1 unspecified atom stereocenters. The van der Waals surface area contributed by atoms with Crippen LogP contribution in [0.25, 0.3) is 0 Å². The molecule has 2 N–H and O–H groups in total. The molecule has 1 aliphatic heterocycles. The predicted molar refractivity (Wildman–Crippen MR) is 93.4 cm³/mol. The van der Waals surface area contributed by atoms with Crippen molar-refractivity contribution in [2.45, 2.75) is 19.8 Å². The molecule has 6 heteroatoms. The van der Waals surface area contributed by atoms with Crippen LogP contribution in [0.5, 0.6) is 5.75 Å². The summed E-state index contributed by atoms with van der Waals surface area (Å²) in [6, 6.07) is 7.34. The van der Waals surface area contributed by atoms with E-state index in [-0.39, 0.29) is 23.7 Å². The van der Waals surface area contributed by atoms with Gasteiger partial charge >= 0.3 is 0 Å². The molecule has 1 aromatic rings. The summed E-state index contributed by atoms with van der Waals surface area (Å²) >= 11 is 0. The maximum absolute atomic E-state index is 12.5. The minimum absolute atomic E-state index is 0.